The van der Waals surface area contributed by atoms with Gasteiger partial charge in [0.2, 0.25) is 0 Å². The Morgan fingerprint density at radius 1 is 0.900 bits per heavy atom. The molecule has 0 amide bonds. The summed E-state index contributed by atoms with van der Waals surface area (Å²) in [6.07, 6.45) is 2.01. The van der Waals surface area contributed by atoms with Gasteiger partial charge in [0.25, 0.3) is 0 Å². The van der Waals surface area contributed by atoms with Crippen molar-refractivity contribution in [2.75, 3.05) is 13.7 Å². The number of aryl methyl sites for hydroxylation is 1. The molecule has 3 aromatic carbocycles. The van der Waals surface area contributed by atoms with E-state index in [1.807, 2.05) is 64.1 Å². The third kappa shape index (κ3) is 4.43. The highest BCUT2D eigenvalue weighted by Crippen LogP contribution is 2.43. The van der Waals surface area contributed by atoms with Crippen LogP contribution in [0.4, 0.5) is 0 Å². The summed E-state index contributed by atoms with van der Waals surface area (Å²) in [5.74, 6) is 1.73. The summed E-state index contributed by atoms with van der Waals surface area (Å²) in [6.45, 7) is 8.40. The normalized spacial score (nSPS) is 10.6. The van der Waals surface area contributed by atoms with E-state index >= 15 is 0 Å². The molecule has 30 heavy (non-hydrogen) atoms. The molecule has 0 heterocycles. The number of hydrogen-bond acceptors (Lipinski definition) is 4. The second-order valence-corrected chi connectivity index (χ2v) is 7.59. The first-order valence-electron chi connectivity index (χ1n) is 9.89. The van der Waals surface area contributed by atoms with Gasteiger partial charge in [0.05, 0.1) is 7.11 Å². The van der Waals surface area contributed by atoms with Gasteiger partial charge >= 0.3 is 0 Å². The topological polar surface area (TPSA) is 58.9 Å². The highest BCUT2D eigenvalue weighted by Gasteiger charge is 2.17. The van der Waals surface area contributed by atoms with Crippen molar-refractivity contribution in [1.29, 1.82) is 0 Å². The number of benzene rings is 3. The Balaban J connectivity index is 2.02. The number of hydrogen-bond donors (Lipinski definition) is 2. The Kier molecular flexibility index (Phi) is 6.36. The van der Waals surface area contributed by atoms with E-state index in [2.05, 4.69) is 6.07 Å². The van der Waals surface area contributed by atoms with Gasteiger partial charge in [-0.3, -0.25) is 0 Å². The van der Waals surface area contributed by atoms with Crippen molar-refractivity contribution in [2.24, 2.45) is 0 Å². The molecule has 2 N–H and O–H groups in total. The van der Waals surface area contributed by atoms with Crippen LogP contribution in [0, 0.1) is 13.8 Å². The van der Waals surface area contributed by atoms with E-state index in [-0.39, 0.29) is 11.5 Å². The second-order valence-electron chi connectivity index (χ2n) is 7.59. The Hall–Kier alpha value is -3.40. The summed E-state index contributed by atoms with van der Waals surface area (Å²) in [4.78, 5) is 0. The molecule has 4 heteroatoms. The average Bonchev–Trinajstić information content (AvgIpc) is 2.72. The number of allylic oxidation sites excluding steroid dienone is 1. The Morgan fingerprint density at radius 2 is 1.57 bits per heavy atom. The van der Waals surface area contributed by atoms with Crippen molar-refractivity contribution in [1.82, 2.24) is 0 Å². The first-order valence-corrected chi connectivity index (χ1v) is 9.89. The van der Waals surface area contributed by atoms with Gasteiger partial charge in [-0.2, -0.15) is 0 Å². The SMILES string of the molecule is COc1cc(-c2c(C)cc(-c3ccc(O)cc3)c(C)c2O)ccc1OCC=C(C)C. The van der Waals surface area contributed by atoms with E-state index in [4.69, 9.17) is 9.47 Å². The molecule has 3 rings (SSSR count). The van der Waals surface area contributed by atoms with E-state index in [1.165, 1.54) is 5.57 Å². The Bertz CT molecular complexity index is 1080. The van der Waals surface area contributed by atoms with Crippen LogP contribution in [0.1, 0.15) is 25.0 Å². The number of aromatic hydroxyl groups is 2. The van der Waals surface area contributed by atoms with Crippen LogP contribution in [0.25, 0.3) is 22.3 Å². The second kappa shape index (κ2) is 8.95. The predicted molar refractivity (Wildman–Crippen MR) is 122 cm³/mol. The number of phenols is 2. The lowest BCUT2D eigenvalue weighted by molar-refractivity contribution is 0.326. The third-order valence-corrected chi connectivity index (χ3v) is 5.11. The molecule has 0 radical (unpaired) electrons. The molecule has 156 valence electrons. The van der Waals surface area contributed by atoms with Crippen molar-refractivity contribution < 1.29 is 19.7 Å². The third-order valence-electron chi connectivity index (χ3n) is 5.11. The zero-order valence-corrected chi connectivity index (χ0v) is 18.1. The summed E-state index contributed by atoms with van der Waals surface area (Å²) >= 11 is 0. The van der Waals surface area contributed by atoms with E-state index in [0.717, 1.165) is 33.4 Å². The molecule has 3 aromatic rings. The maximum atomic E-state index is 11.0. The first-order chi connectivity index (χ1) is 14.3. The molecule has 0 bridgehead atoms. The summed E-state index contributed by atoms with van der Waals surface area (Å²) in [6, 6.07) is 14.7. The summed E-state index contributed by atoms with van der Waals surface area (Å²) in [5, 5.41) is 20.6. The first kappa shape index (κ1) is 21.3. The molecule has 0 aliphatic heterocycles. The van der Waals surface area contributed by atoms with Crippen LogP contribution < -0.4 is 9.47 Å². The highest BCUT2D eigenvalue weighted by molar-refractivity contribution is 5.83. The van der Waals surface area contributed by atoms with Gasteiger partial charge < -0.3 is 19.7 Å². The lowest BCUT2D eigenvalue weighted by atomic mass is 9.90. The molecule has 0 aliphatic carbocycles. The van der Waals surface area contributed by atoms with Gasteiger partial charge in [0, 0.05) is 5.56 Å². The fourth-order valence-electron chi connectivity index (χ4n) is 3.44. The van der Waals surface area contributed by atoms with Gasteiger partial charge in [-0.1, -0.05) is 29.8 Å². The minimum absolute atomic E-state index is 0.216. The molecule has 4 nitrogen and oxygen atoms in total. The minimum Gasteiger partial charge on any atom is -0.508 e. The molecule has 0 fully saturated rings. The largest absolute Gasteiger partial charge is 0.508 e. The highest BCUT2D eigenvalue weighted by atomic mass is 16.5. The van der Waals surface area contributed by atoms with Crippen molar-refractivity contribution in [3.63, 3.8) is 0 Å². The minimum atomic E-state index is 0.216. The maximum Gasteiger partial charge on any atom is 0.161 e. The molecular formula is C26H28O4. The van der Waals surface area contributed by atoms with Crippen LogP contribution in [-0.2, 0) is 0 Å². The Labute approximate surface area is 178 Å². The number of methoxy groups -OCH3 is 1. The monoisotopic (exact) mass is 404 g/mol. The van der Waals surface area contributed by atoms with Gasteiger partial charge in [0.1, 0.15) is 18.1 Å². The molecular weight excluding hydrogens is 376 g/mol. The van der Waals surface area contributed by atoms with Crippen molar-refractivity contribution in [3.8, 4) is 45.3 Å². The number of ether oxygens (including phenoxy) is 2. The lowest BCUT2D eigenvalue weighted by Gasteiger charge is -2.17. The van der Waals surface area contributed by atoms with Crippen LogP contribution in [0.3, 0.4) is 0 Å². The fraction of sp³-hybridized carbons (Fsp3) is 0.231. The standard InChI is InChI=1S/C26H28O4/c1-16(2)12-13-30-23-11-8-20(15-24(23)29-5)25-17(3)14-22(18(4)26(25)28)19-6-9-21(27)10-7-19/h6-12,14-15,27-28H,13H2,1-5H3. The van der Waals surface area contributed by atoms with E-state index in [0.29, 0.717) is 18.1 Å². The molecule has 0 unspecified atom stereocenters. The predicted octanol–water partition coefficient (Wildman–Crippen LogP) is 6.40. The molecule has 0 saturated heterocycles. The molecule has 0 aromatic heterocycles. The van der Waals surface area contributed by atoms with Crippen molar-refractivity contribution in [2.45, 2.75) is 27.7 Å². The Morgan fingerprint density at radius 3 is 2.20 bits per heavy atom. The average molecular weight is 405 g/mol. The number of phenolic OH excluding ortho intramolecular Hbond substituents is 2. The molecule has 0 spiro atoms. The maximum absolute atomic E-state index is 11.0. The van der Waals surface area contributed by atoms with Crippen LogP contribution in [0.2, 0.25) is 0 Å². The van der Waals surface area contributed by atoms with Crippen LogP contribution in [0.15, 0.2) is 60.2 Å². The van der Waals surface area contributed by atoms with Crippen molar-refractivity contribution in [3.05, 3.63) is 71.3 Å². The van der Waals surface area contributed by atoms with E-state index in [1.54, 1.807) is 19.2 Å². The van der Waals surface area contributed by atoms with Gasteiger partial charge in [0.15, 0.2) is 11.5 Å². The van der Waals surface area contributed by atoms with Crippen molar-refractivity contribution >= 4 is 0 Å². The zero-order chi connectivity index (χ0) is 21.8. The van der Waals surface area contributed by atoms with Crippen LogP contribution >= 0.6 is 0 Å². The van der Waals surface area contributed by atoms with Gasteiger partial charge in [-0.15, -0.1) is 0 Å². The zero-order valence-electron chi connectivity index (χ0n) is 18.1. The number of rotatable bonds is 6. The summed E-state index contributed by atoms with van der Waals surface area (Å²) < 4.78 is 11.3. The molecule has 0 saturated carbocycles. The van der Waals surface area contributed by atoms with Gasteiger partial charge in [-0.05, 0) is 85.9 Å². The smallest absolute Gasteiger partial charge is 0.161 e. The molecule has 0 atom stereocenters. The van der Waals surface area contributed by atoms with Crippen LogP contribution in [-0.4, -0.2) is 23.9 Å². The quantitative estimate of drug-likeness (QED) is 0.467. The van der Waals surface area contributed by atoms with Crippen LogP contribution in [0.5, 0.6) is 23.0 Å². The van der Waals surface area contributed by atoms with Gasteiger partial charge in [-0.25, -0.2) is 0 Å². The summed E-state index contributed by atoms with van der Waals surface area (Å²) in [5.41, 5.74) is 6.42. The lowest BCUT2D eigenvalue weighted by Crippen LogP contribution is -1.98. The van der Waals surface area contributed by atoms with E-state index < -0.39 is 0 Å². The molecule has 0 aliphatic rings. The van der Waals surface area contributed by atoms with E-state index in [9.17, 15) is 10.2 Å². The fourth-order valence-corrected chi connectivity index (χ4v) is 3.44. The summed E-state index contributed by atoms with van der Waals surface area (Å²) in [7, 11) is 1.61.